The van der Waals surface area contributed by atoms with Crippen molar-refractivity contribution in [3.05, 3.63) is 100 Å². The Labute approximate surface area is 254 Å². The van der Waals surface area contributed by atoms with Crippen molar-refractivity contribution in [3.63, 3.8) is 0 Å². The van der Waals surface area contributed by atoms with E-state index in [0.717, 1.165) is 16.7 Å². The number of hydrazine groups is 1. The van der Waals surface area contributed by atoms with Crippen molar-refractivity contribution in [2.75, 3.05) is 24.0 Å². The van der Waals surface area contributed by atoms with Gasteiger partial charge in [0.25, 0.3) is 0 Å². The van der Waals surface area contributed by atoms with E-state index in [-0.39, 0.29) is 18.4 Å². The molecule has 12 heteroatoms. The summed E-state index contributed by atoms with van der Waals surface area (Å²) in [5, 5.41) is 14.5. The first-order valence-corrected chi connectivity index (χ1v) is 13.8. The highest BCUT2D eigenvalue weighted by atomic mass is 35.5. The summed E-state index contributed by atoms with van der Waals surface area (Å²) in [5.74, 6) is 5.17. The van der Waals surface area contributed by atoms with Crippen LogP contribution >= 0.6 is 11.6 Å². The fourth-order valence-electron chi connectivity index (χ4n) is 4.64. The topological polar surface area (TPSA) is 142 Å². The summed E-state index contributed by atoms with van der Waals surface area (Å²) in [6.45, 7) is 4.23. The molecule has 1 heterocycles. The van der Waals surface area contributed by atoms with Gasteiger partial charge in [0.1, 0.15) is 12.4 Å². The second-order valence-electron chi connectivity index (χ2n) is 9.68. The summed E-state index contributed by atoms with van der Waals surface area (Å²) in [5.41, 5.74) is 4.56. The third-order valence-electron chi connectivity index (χ3n) is 6.77. The molecule has 3 aromatic rings. The smallest absolute Gasteiger partial charge is 0.409 e. The normalized spacial score (nSPS) is 13.3. The first-order chi connectivity index (χ1) is 20.8. The summed E-state index contributed by atoms with van der Waals surface area (Å²) in [4.78, 5) is 40.1. The van der Waals surface area contributed by atoms with Crippen molar-refractivity contribution < 1.29 is 19.1 Å². The molecule has 0 unspecified atom stereocenters. The van der Waals surface area contributed by atoms with Gasteiger partial charge in [0.2, 0.25) is 11.8 Å². The number of carbonyl (C=O) groups is 3. The summed E-state index contributed by atoms with van der Waals surface area (Å²) in [6.07, 6.45) is 4.65. The molecule has 0 aliphatic carbocycles. The van der Waals surface area contributed by atoms with Crippen molar-refractivity contribution in [1.82, 2.24) is 10.2 Å². The minimum Gasteiger partial charge on any atom is -0.453 e. The monoisotopic (exact) mass is 601 g/mol. The van der Waals surface area contributed by atoms with E-state index in [0.29, 0.717) is 41.5 Å². The Morgan fingerprint density at radius 1 is 1.14 bits per heavy atom. The number of halogens is 1. The highest BCUT2D eigenvalue weighted by Gasteiger charge is 2.24. The van der Waals surface area contributed by atoms with Gasteiger partial charge >= 0.3 is 6.09 Å². The third-order valence-corrected chi connectivity index (χ3v) is 7.01. The number of methoxy groups -OCH3 is 1. The lowest BCUT2D eigenvalue weighted by atomic mass is 9.99. The molecule has 222 valence electrons. The van der Waals surface area contributed by atoms with Crippen LogP contribution < -0.4 is 21.5 Å². The van der Waals surface area contributed by atoms with Crippen molar-refractivity contribution >= 4 is 60.0 Å². The average molecular weight is 602 g/mol. The summed E-state index contributed by atoms with van der Waals surface area (Å²) in [6, 6.07) is 19.1. The Bertz CT molecular complexity index is 1540. The van der Waals surface area contributed by atoms with Crippen molar-refractivity contribution in [1.29, 1.82) is 0 Å². The van der Waals surface area contributed by atoms with Crippen LogP contribution in [0.25, 0.3) is 6.08 Å². The lowest BCUT2D eigenvalue weighted by Crippen LogP contribution is -2.44. The molecular formula is C31H32ClN7O4. The van der Waals surface area contributed by atoms with Gasteiger partial charge in [-0.1, -0.05) is 48.0 Å². The third kappa shape index (κ3) is 8.51. The van der Waals surface area contributed by atoms with Gasteiger partial charge in [0, 0.05) is 48.6 Å². The molecule has 4 rings (SSSR count). The number of ether oxygens (including phenoxy) is 1. The molecule has 0 spiro atoms. The predicted molar refractivity (Wildman–Crippen MR) is 169 cm³/mol. The number of carbonyl (C=O) groups excluding carboxylic acids is 3. The number of hydrogen-bond acceptors (Lipinski definition) is 7. The lowest BCUT2D eigenvalue weighted by Gasteiger charge is -2.28. The first kappa shape index (κ1) is 30.9. The molecule has 11 nitrogen and oxygen atoms in total. The molecule has 0 bridgehead atoms. The molecule has 0 radical (unpaired) electrons. The number of nitrogens with one attached hydrogen (secondary N) is 2. The molecule has 4 N–H and O–H groups in total. The Kier molecular flexibility index (Phi) is 10.6. The number of nitrogens with two attached hydrogens (primary N) is 1. The van der Waals surface area contributed by atoms with Crippen LogP contribution in [0.2, 0.25) is 5.02 Å². The SMILES string of the molecule is C=N/N=C\N(N)c1ccc(Cl)cc1/C=C/C(=O)N[C@@H](Cc1ccccc1)C(=O)Nc1ccc2c(c1)CCN(C(=O)OC)C2. The van der Waals surface area contributed by atoms with E-state index >= 15 is 0 Å². The van der Waals surface area contributed by atoms with E-state index in [4.69, 9.17) is 22.2 Å². The van der Waals surface area contributed by atoms with Crippen LogP contribution in [0.1, 0.15) is 22.3 Å². The van der Waals surface area contributed by atoms with Gasteiger partial charge < -0.3 is 20.3 Å². The molecule has 3 aromatic carbocycles. The van der Waals surface area contributed by atoms with Crippen LogP contribution in [-0.2, 0) is 33.7 Å². The molecule has 0 aromatic heterocycles. The number of benzene rings is 3. The fourth-order valence-corrected chi connectivity index (χ4v) is 4.82. The lowest BCUT2D eigenvalue weighted by molar-refractivity contribution is -0.123. The molecule has 0 fully saturated rings. The summed E-state index contributed by atoms with van der Waals surface area (Å²) in [7, 11) is 1.36. The van der Waals surface area contributed by atoms with E-state index in [1.807, 2.05) is 42.5 Å². The zero-order valence-corrected chi connectivity index (χ0v) is 24.3. The zero-order valence-electron chi connectivity index (χ0n) is 23.6. The molecule has 0 saturated heterocycles. The summed E-state index contributed by atoms with van der Waals surface area (Å²) < 4.78 is 4.83. The van der Waals surface area contributed by atoms with Crippen LogP contribution in [0.4, 0.5) is 16.2 Å². The maximum absolute atomic E-state index is 13.5. The van der Waals surface area contributed by atoms with Crippen LogP contribution in [0.5, 0.6) is 0 Å². The van der Waals surface area contributed by atoms with E-state index < -0.39 is 11.9 Å². The molecule has 1 atom stereocenters. The van der Waals surface area contributed by atoms with Gasteiger partial charge in [-0.2, -0.15) is 5.10 Å². The highest BCUT2D eigenvalue weighted by Crippen LogP contribution is 2.25. The molecule has 43 heavy (non-hydrogen) atoms. The van der Waals surface area contributed by atoms with Crippen LogP contribution in [0.3, 0.4) is 0 Å². The van der Waals surface area contributed by atoms with Crippen molar-refractivity contribution in [2.45, 2.75) is 25.4 Å². The molecule has 1 aliphatic rings. The fraction of sp³-hybridized carbons (Fsp3) is 0.194. The number of hydrogen-bond donors (Lipinski definition) is 3. The van der Waals surface area contributed by atoms with Crippen LogP contribution in [0.15, 0.2) is 83.0 Å². The minimum absolute atomic E-state index is 0.273. The quantitative estimate of drug-likeness (QED) is 0.105. The van der Waals surface area contributed by atoms with Gasteiger partial charge in [-0.05, 0) is 59.5 Å². The summed E-state index contributed by atoms with van der Waals surface area (Å²) >= 11 is 6.17. The number of fused-ring (bicyclic) bond motifs is 1. The number of amides is 3. The maximum atomic E-state index is 13.5. The molecular weight excluding hydrogens is 570 g/mol. The Hall–Kier alpha value is -5.00. The first-order valence-electron chi connectivity index (χ1n) is 13.4. The molecule has 0 saturated carbocycles. The van der Waals surface area contributed by atoms with E-state index in [1.165, 1.54) is 24.5 Å². The molecule has 1 aliphatic heterocycles. The standard InChI is InChI=1S/C31H32ClN7O4/c1-34-35-20-39(33)28-12-10-25(32)17-23(28)9-13-29(40)37-27(16-21-6-4-3-5-7-21)30(41)36-26-11-8-24-19-38(31(42)43-2)15-14-22(24)18-26/h3-13,17-18,20,27H,1,14-16,19,33H2,2H3,(H,36,41)(H,37,40)/b13-9+,35-20-/t27-/m0/s1. The van der Waals surface area contributed by atoms with Gasteiger partial charge in [0.05, 0.1) is 12.8 Å². The van der Waals surface area contributed by atoms with Gasteiger partial charge in [-0.15, -0.1) is 5.10 Å². The van der Waals surface area contributed by atoms with Gasteiger partial charge in [-0.3, -0.25) is 14.6 Å². The largest absolute Gasteiger partial charge is 0.453 e. The van der Waals surface area contributed by atoms with Gasteiger partial charge in [-0.25, -0.2) is 10.6 Å². The number of anilines is 2. The second-order valence-corrected chi connectivity index (χ2v) is 10.1. The maximum Gasteiger partial charge on any atom is 0.409 e. The minimum atomic E-state index is -0.874. The van der Waals surface area contributed by atoms with E-state index in [1.54, 1.807) is 35.2 Å². The van der Waals surface area contributed by atoms with Crippen LogP contribution in [0, 0.1) is 0 Å². The highest BCUT2D eigenvalue weighted by molar-refractivity contribution is 6.30. The molecule has 3 amide bonds. The number of nitrogens with zero attached hydrogens (tertiary/aromatic N) is 4. The Balaban J connectivity index is 1.50. The van der Waals surface area contributed by atoms with Gasteiger partial charge in [0.15, 0.2) is 0 Å². The zero-order chi connectivity index (χ0) is 30.8. The Morgan fingerprint density at radius 2 is 1.93 bits per heavy atom. The van der Waals surface area contributed by atoms with Crippen LogP contribution in [-0.4, -0.2) is 55.6 Å². The second kappa shape index (κ2) is 14.8. The Morgan fingerprint density at radius 3 is 2.67 bits per heavy atom. The van der Waals surface area contributed by atoms with Crippen molar-refractivity contribution in [3.8, 4) is 0 Å². The van der Waals surface area contributed by atoms with E-state index in [2.05, 4.69) is 27.6 Å². The number of rotatable bonds is 10. The average Bonchev–Trinajstić information content (AvgIpc) is 3.02. The predicted octanol–water partition coefficient (Wildman–Crippen LogP) is 4.17. The van der Waals surface area contributed by atoms with E-state index in [9.17, 15) is 14.4 Å². The van der Waals surface area contributed by atoms with Crippen molar-refractivity contribution in [2.24, 2.45) is 16.0 Å².